The van der Waals surface area contributed by atoms with Crippen molar-refractivity contribution in [2.45, 2.75) is 26.4 Å². The normalized spacial score (nSPS) is 11.8. The first kappa shape index (κ1) is 17.7. The number of hydrogen-bond acceptors (Lipinski definition) is 2. The molecule has 0 unspecified atom stereocenters. The van der Waals surface area contributed by atoms with Crippen LogP contribution < -0.4 is 4.74 Å². The van der Waals surface area contributed by atoms with Crippen molar-refractivity contribution in [1.29, 1.82) is 0 Å². The average Bonchev–Trinajstić information content (AvgIpc) is 2.64. The highest BCUT2D eigenvalue weighted by Crippen LogP contribution is 2.23. The molecule has 3 rings (SSSR count). The zero-order valence-electron chi connectivity index (χ0n) is 15.0. The molecule has 0 spiro atoms. The van der Waals surface area contributed by atoms with Crippen molar-refractivity contribution in [2.75, 3.05) is 0 Å². The maximum atomic E-state index is 11.6. The molecule has 3 aromatic rings. The summed E-state index contributed by atoms with van der Waals surface area (Å²) in [5, 5.41) is 9.55. The molecule has 0 aromatic heterocycles. The highest BCUT2D eigenvalue weighted by molar-refractivity contribution is 5.73. The SMILES string of the molecule is Cc1ccc(C[C@H](Oc2ccc(-c3ccccc3)cc2)C(=O)O)c(C)c1. The summed E-state index contributed by atoms with van der Waals surface area (Å²) in [6.07, 6.45) is -0.582. The van der Waals surface area contributed by atoms with Crippen LogP contribution in [-0.4, -0.2) is 17.2 Å². The van der Waals surface area contributed by atoms with Gasteiger partial charge in [0.25, 0.3) is 0 Å². The molecule has 1 N–H and O–H groups in total. The Hall–Kier alpha value is -3.07. The number of ether oxygens (including phenoxy) is 1. The number of carbonyl (C=O) groups is 1. The fraction of sp³-hybridized carbons (Fsp3) is 0.174. The molecule has 0 saturated carbocycles. The lowest BCUT2D eigenvalue weighted by atomic mass is 10.0. The molecule has 0 amide bonds. The molecule has 26 heavy (non-hydrogen) atoms. The van der Waals surface area contributed by atoms with E-state index in [1.807, 2.05) is 80.6 Å². The summed E-state index contributed by atoms with van der Waals surface area (Å²) in [6, 6.07) is 23.6. The van der Waals surface area contributed by atoms with E-state index in [4.69, 9.17) is 4.74 Å². The molecule has 0 heterocycles. The molecule has 0 fully saturated rings. The van der Waals surface area contributed by atoms with Crippen LogP contribution in [0.4, 0.5) is 0 Å². The maximum Gasteiger partial charge on any atom is 0.345 e. The minimum Gasteiger partial charge on any atom is -0.478 e. The van der Waals surface area contributed by atoms with E-state index in [1.54, 1.807) is 0 Å². The first-order valence-electron chi connectivity index (χ1n) is 8.64. The summed E-state index contributed by atoms with van der Waals surface area (Å²) in [4.78, 5) is 11.6. The maximum absolute atomic E-state index is 11.6. The number of carboxylic acids is 1. The Morgan fingerprint density at radius 1 is 0.923 bits per heavy atom. The van der Waals surface area contributed by atoms with Crippen LogP contribution in [0.3, 0.4) is 0 Å². The topological polar surface area (TPSA) is 46.5 Å². The molecule has 132 valence electrons. The second-order valence-corrected chi connectivity index (χ2v) is 6.47. The summed E-state index contributed by atoms with van der Waals surface area (Å²) >= 11 is 0. The lowest BCUT2D eigenvalue weighted by Crippen LogP contribution is -2.29. The highest BCUT2D eigenvalue weighted by atomic mass is 16.5. The van der Waals surface area contributed by atoms with Crippen LogP contribution in [0, 0.1) is 13.8 Å². The van der Waals surface area contributed by atoms with Gasteiger partial charge in [0.2, 0.25) is 0 Å². The molecule has 0 radical (unpaired) electrons. The Bertz CT molecular complexity index is 883. The van der Waals surface area contributed by atoms with Crippen LogP contribution in [0.5, 0.6) is 5.75 Å². The Morgan fingerprint density at radius 3 is 2.19 bits per heavy atom. The van der Waals surface area contributed by atoms with E-state index in [2.05, 4.69) is 6.07 Å². The first-order valence-corrected chi connectivity index (χ1v) is 8.64. The van der Waals surface area contributed by atoms with E-state index in [0.717, 1.165) is 27.8 Å². The zero-order chi connectivity index (χ0) is 18.5. The largest absolute Gasteiger partial charge is 0.478 e. The van der Waals surface area contributed by atoms with Gasteiger partial charge in [-0.15, -0.1) is 0 Å². The van der Waals surface area contributed by atoms with Gasteiger partial charge in [-0.05, 0) is 48.2 Å². The van der Waals surface area contributed by atoms with Crippen molar-refractivity contribution in [3.05, 3.63) is 89.5 Å². The van der Waals surface area contributed by atoms with E-state index in [9.17, 15) is 9.90 Å². The minimum atomic E-state index is -0.961. The molecular formula is C23H22O3. The fourth-order valence-electron chi connectivity index (χ4n) is 2.97. The van der Waals surface area contributed by atoms with E-state index in [1.165, 1.54) is 0 Å². The summed E-state index contributed by atoms with van der Waals surface area (Å²) in [6.45, 7) is 4.02. The average molecular weight is 346 g/mol. The minimum absolute atomic E-state index is 0.335. The summed E-state index contributed by atoms with van der Waals surface area (Å²) < 4.78 is 5.76. The predicted molar refractivity (Wildman–Crippen MR) is 104 cm³/mol. The summed E-state index contributed by atoms with van der Waals surface area (Å²) in [5.74, 6) is -0.404. The number of carboxylic acid groups (broad SMARTS) is 1. The van der Waals surface area contributed by atoms with Gasteiger partial charge < -0.3 is 9.84 Å². The van der Waals surface area contributed by atoms with Gasteiger partial charge in [-0.3, -0.25) is 0 Å². The number of aliphatic carboxylic acids is 1. The zero-order valence-corrected chi connectivity index (χ0v) is 15.0. The van der Waals surface area contributed by atoms with Gasteiger partial charge in [-0.1, -0.05) is 66.2 Å². The molecule has 1 atom stereocenters. The monoisotopic (exact) mass is 346 g/mol. The lowest BCUT2D eigenvalue weighted by Gasteiger charge is -2.17. The van der Waals surface area contributed by atoms with Gasteiger partial charge in [0.1, 0.15) is 5.75 Å². The van der Waals surface area contributed by atoms with Gasteiger partial charge >= 0.3 is 5.97 Å². The lowest BCUT2D eigenvalue weighted by molar-refractivity contribution is -0.145. The van der Waals surface area contributed by atoms with Gasteiger partial charge in [0, 0.05) is 6.42 Å². The van der Waals surface area contributed by atoms with Crippen LogP contribution in [0.2, 0.25) is 0 Å². The quantitative estimate of drug-likeness (QED) is 0.680. The predicted octanol–water partition coefficient (Wildman–Crippen LogP) is 5.05. The standard InChI is InChI=1S/C23H22O3/c1-16-8-9-20(17(2)14-16)15-22(23(24)25)26-21-12-10-19(11-13-21)18-6-4-3-5-7-18/h3-14,22H,15H2,1-2H3,(H,24,25)/t22-/m0/s1. The second kappa shape index (κ2) is 7.87. The number of rotatable bonds is 6. The van der Waals surface area contributed by atoms with Crippen LogP contribution in [0.15, 0.2) is 72.8 Å². The highest BCUT2D eigenvalue weighted by Gasteiger charge is 2.21. The Labute approximate surface area is 153 Å². The van der Waals surface area contributed by atoms with E-state index >= 15 is 0 Å². The van der Waals surface area contributed by atoms with E-state index in [0.29, 0.717) is 12.2 Å². The van der Waals surface area contributed by atoms with Crippen molar-refractivity contribution >= 4 is 5.97 Å². The van der Waals surface area contributed by atoms with Crippen molar-refractivity contribution in [3.8, 4) is 16.9 Å². The van der Waals surface area contributed by atoms with Crippen LogP contribution in [0.1, 0.15) is 16.7 Å². The smallest absolute Gasteiger partial charge is 0.345 e. The van der Waals surface area contributed by atoms with Crippen LogP contribution in [0.25, 0.3) is 11.1 Å². The van der Waals surface area contributed by atoms with Gasteiger partial charge in [-0.2, -0.15) is 0 Å². The van der Waals surface area contributed by atoms with E-state index in [-0.39, 0.29) is 0 Å². The third-order valence-corrected chi connectivity index (χ3v) is 4.42. The Kier molecular flexibility index (Phi) is 5.37. The fourth-order valence-corrected chi connectivity index (χ4v) is 2.97. The van der Waals surface area contributed by atoms with Crippen molar-refractivity contribution in [1.82, 2.24) is 0 Å². The van der Waals surface area contributed by atoms with Crippen molar-refractivity contribution < 1.29 is 14.6 Å². The molecular weight excluding hydrogens is 324 g/mol. The number of benzene rings is 3. The third kappa shape index (κ3) is 4.31. The molecule has 0 saturated heterocycles. The molecule has 3 aromatic carbocycles. The second-order valence-electron chi connectivity index (χ2n) is 6.47. The van der Waals surface area contributed by atoms with Crippen LogP contribution in [-0.2, 0) is 11.2 Å². The molecule has 3 nitrogen and oxygen atoms in total. The van der Waals surface area contributed by atoms with Gasteiger partial charge in [-0.25, -0.2) is 4.79 Å². The third-order valence-electron chi connectivity index (χ3n) is 4.42. The van der Waals surface area contributed by atoms with Gasteiger partial charge in [0.15, 0.2) is 6.10 Å². The van der Waals surface area contributed by atoms with Crippen LogP contribution >= 0.6 is 0 Å². The summed E-state index contributed by atoms with van der Waals surface area (Å²) in [7, 11) is 0. The van der Waals surface area contributed by atoms with Crippen molar-refractivity contribution in [3.63, 3.8) is 0 Å². The molecule has 3 heteroatoms. The Morgan fingerprint density at radius 2 is 1.58 bits per heavy atom. The number of hydrogen-bond donors (Lipinski definition) is 1. The molecule has 0 bridgehead atoms. The number of aryl methyl sites for hydroxylation is 2. The van der Waals surface area contributed by atoms with Gasteiger partial charge in [0.05, 0.1) is 0 Å². The van der Waals surface area contributed by atoms with E-state index < -0.39 is 12.1 Å². The summed E-state index contributed by atoms with van der Waals surface area (Å²) in [5.41, 5.74) is 5.42. The molecule has 0 aliphatic heterocycles. The Balaban J connectivity index is 1.75. The van der Waals surface area contributed by atoms with Crippen molar-refractivity contribution in [2.24, 2.45) is 0 Å². The molecule has 0 aliphatic rings. The first-order chi connectivity index (χ1) is 12.5. The molecule has 0 aliphatic carbocycles.